The molecule has 4 aliphatic rings. The quantitative estimate of drug-likeness (QED) is 0.569. The Labute approximate surface area is 187 Å². The van der Waals surface area contributed by atoms with E-state index in [4.69, 9.17) is 0 Å². The van der Waals surface area contributed by atoms with Gasteiger partial charge in [0.05, 0.1) is 18.3 Å². The summed E-state index contributed by atoms with van der Waals surface area (Å²) in [6, 6.07) is 0. The fourth-order valence-electron chi connectivity index (χ4n) is 6.63. The van der Waals surface area contributed by atoms with Crippen LogP contribution < -0.4 is 0 Å². The summed E-state index contributed by atoms with van der Waals surface area (Å²) in [6.45, 7) is 8.88. The molecule has 4 rings (SSSR count). The van der Waals surface area contributed by atoms with Gasteiger partial charge in [0, 0.05) is 6.42 Å². The molecular weight excluding hydrogens is 388 g/mol. The molecule has 0 aromatic heterocycles. The smallest absolute Gasteiger partial charge is 0.0811 e. The number of hydrogen-bond donors (Lipinski definition) is 3. The molecule has 5 N–H and O–H groups in total. The average molecular weight is 431 g/mol. The monoisotopic (exact) mass is 430 g/mol. The number of aliphatic hydroxyl groups is 3. The van der Waals surface area contributed by atoms with Gasteiger partial charge in [-0.3, -0.25) is 0 Å². The van der Waals surface area contributed by atoms with E-state index in [9.17, 15) is 15.3 Å². The van der Waals surface area contributed by atoms with E-state index in [1.54, 1.807) is 0 Å². The maximum atomic E-state index is 10.2. The summed E-state index contributed by atoms with van der Waals surface area (Å²) >= 11 is 0. The Kier molecular flexibility index (Phi) is 7.68. The Balaban J connectivity index is 0.00000272. The van der Waals surface area contributed by atoms with Gasteiger partial charge in [0.15, 0.2) is 0 Å². The van der Waals surface area contributed by atoms with E-state index in [2.05, 4.69) is 44.7 Å². The van der Waals surface area contributed by atoms with E-state index in [-0.39, 0.29) is 11.6 Å². The molecule has 31 heavy (non-hydrogen) atoms. The Morgan fingerprint density at radius 3 is 2.55 bits per heavy atom. The summed E-state index contributed by atoms with van der Waals surface area (Å²) in [7, 11) is 0. The van der Waals surface area contributed by atoms with Gasteiger partial charge in [0.1, 0.15) is 0 Å². The highest BCUT2D eigenvalue weighted by atomic mass is 16.3. The van der Waals surface area contributed by atoms with Crippen molar-refractivity contribution >= 4 is 0 Å². The molecular formula is C27H42O4. The van der Waals surface area contributed by atoms with Crippen LogP contribution in [0.15, 0.2) is 47.6 Å². The fourth-order valence-corrected chi connectivity index (χ4v) is 6.63. The van der Waals surface area contributed by atoms with Gasteiger partial charge in [-0.05, 0) is 91.6 Å². The topological polar surface area (TPSA) is 92.2 Å². The molecule has 174 valence electrons. The van der Waals surface area contributed by atoms with Crippen molar-refractivity contribution in [3.05, 3.63) is 47.6 Å². The molecule has 4 heteroatoms. The van der Waals surface area contributed by atoms with Crippen molar-refractivity contribution in [3.63, 3.8) is 0 Å². The van der Waals surface area contributed by atoms with E-state index in [0.29, 0.717) is 41.9 Å². The molecule has 4 nitrogen and oxygen atoms in total. The van der Waals surface area contributed by atoms with Crippen molar-refractivity contribution < 1.29 is 20.8 Å². The Hall–Kier alpha value is -1.20. The van der Waals surface area contributed by atoms with Crippen LogP contribution in [-0.4, -0.2) is 39.1 Å². The largest absolute Gasteiger partial charge is 0.412 e. The lowest BCUT2D eigenvalue weighted by molar-refractivity contribution is 0.0862. The molecule has 0 bridgehead atoms. The van der Waals surface area contributed by atoms with Gasteiger partial charge < -0.3 is 20.8 Å². The lowest BCUT2D eigenvalue weighted by Crippen LogP contribution is -2.35. The lowest BCUT2D eigenvalue weighted by atomic mass is 9.61. The van der Waals surface area contributed by atoms with E-state index >= 15 is 0 Å². The first-order valence-corrected chi connectivity index (χ1v) is 12.1. The fraction of sp³-hybridized carbons (Fsp3) is 0.704. The van der Waals surface area contributed by atoms with E-state index in [0.717, 1.165) is 17.6 Å². The standard InChI is InChI=1S/C27H40O3.H2O/c1-17(6-13-25(29)20-8-9-20)23-11-12-24-19(5-4-14-27(23,24)3)7-10-21-15-22(28)16-26(30)18(21)2;/h6-7,10,13,17,20,22-26,28-30H,2,4-5,8-9,11-12,14-16H2,1,3H3;1H2/b13-6?,19-7-,21-10+;/t17-,22-,23-,24+,25-,26+,27-;/m1./s1. The second-order valence-corrected chi connectivity index (χ2v) is 10.7. The molecule has 4 fully saturated rings. The van der Waals surface area contributed by atoms with Crippen LogP contribution in [0.1, 0.15) is 71.6 Å². The molecule has 0 aromatic rings. The third kappa shape index (κ3) is 5.08. The number of aliphatic hydroxyl groups excluding tert-OH is 3. The Morgan fingerprint density at radius 2 is 1.84 bits per heavy atom. The van der Waals surface area contributed by atoms with Gasteiger partial charge in [-0.25, -0.2) is 0 Å². The Morgan fingerprint density at radius 1 is 1.10 bits per heavy atom. The SMILES string of the molecule is C=C1/C(=C/C=C2/CCC[C@]3(C)[C@@H]([C@H](C)C=C[C@@H](O)C4CC4)CC[C@@H]23)C[C@@H](O)C[C@@H]1O.O. The first kappa shape index (κ1) is 24.4. The minimum Gasteiger partial charge on any atom is -0.412 e. The minimum absolute atomic E-state index is 0. The first-order chi connectivity index (χ1) is 14.3. The van der Waals surface area contributed by atoms with E-state index in [1.807, 2.05) is 0 Å². The van der Waals surface area contributed by atoms with Crippen LogP contribution in [0.25, 0.3) is 0 Å². The number of allylic oxidation sites excluding steroid dienone is 4. The van der Waals surface area contributed by atoms with Crippen LogP contribution in [0.4, 0.5) is 0 Å². The molecule has 0 aromatic carbocycles. The van der Waals surface area contributed by atoms with Crippen molar-refractivity contribution in [1.29, 1.82) is 0 Å². The van der Waals surface area contributed by atoms with Crippen molar-refractivity contribution in [3.8, 4) is 0 Å². The number of rotatable bonds is 5. The average Bonchev–Trinajstić information content (AvgIpc) is 3.49. The van der Waals surface area contributed by atoms with Crippen LogP contribution in [0.2, 0.25) is 0 Å². The summed E-state index contributed by atoms with van der Waals surface area (Å²) in [5.41, 5.74) is 3.63. The lowest BCUT2D eigenvalue weighted by Gasteiger charge is -2.44. The van der Waals surface area contributed by atoms with Crippen molar-refractivity contribution in [1.82, 2.24) is 0 Å². The predicted octanol–water partition coefficient (Wildman–Crippen LogP) is 4.27. The van der Waals surface area contributed by atoms with Gasteiger partial charge in [-0.2, -0.15) is 0 Å². The summed E-state index contributed by atoms with van der Waals surface area (Å²) in [5, 5.41) is 30.4. The van der Waals surface area contributed by atoms with Crippen LogP contribution in [-0.2, 0) is 0 Å². The second kappa shape index (κ2) is 9.74. The van der Waals surface area contributed by atoms with E-state index < -0.39 is 12.2 Å². The summed E-state index contributed by atoms with van der Waals surface area (Å²) in [5.74, 6) is 2.28. The first-order valence-electron chi connectivity index (χ1n) is 12.1. The summed E-state index contributed by atoms with van der Waals surface area (Å²) in [6.07, 6.45) is 16.9. The van der Waals surface area contributed by atoms with Gasteiger partial charge in [-0.15, -0.1) is 0 Å². The number of hydrogen-bond acceptors (Lipinski definition) is 3. The molecule has 0 aliphatic heterocycles. The molecule has 4 saturated carbocycles. The third-order valence-corrected chi connectivity index (χ3v) is 8.65. The molecule has 0 saturated heterocycles. The zero-order valence-electron chi connectivity index (χ0n) is 19.3. The highest BCUT2D eigenvalue weighted by Crippen LogP contribution is 2.59. The molecule has 7 atom stereocenters. The van der Waals surface area contributed by atoms with Crippen LogP contribution in [0.5, 0.6) is 0 Å². The molecule has 0 unspecified atom stereocenters. The van der Waals surface area contributed by atoms with Crippen molar-refractivity contribution in [2.24, 2.45) is 29.1 Å². The van der Waals surface area contributed by atoms with E-state index in [1.165, 1.54) is 44.1 Å². The van der Waals surface area contributed by atoms with Gasteiger partial charge in [0.2, 0.25) is 0 Å². The molecule has 0 heterocycles. The molecule has 4 aliphatic carbocycles. The predicted molar refractivity (Wildman–Crippen MR) is 125 cm³/mol. The molecule has 0 spiro atoms. The van der Waals surface area contributed by atoms with Gasteiger partial charge >= 0.3 is 0 Å². The minimum atomic E-state index is -0.621. The Bertz CT molecular complexity index is 746. The maximum absolute atomic E-state index is 10.2. The molecule has 0 amide bonds. The highest BCUT2D eigenvalue weighted by molar-refractivity contribution is 5.38. The molecule has 0 radical (unpaired) electrons. The second-order valence-electron chi connectivity index (χ2n) is 10.7. The zero-order valence-corrected chi connectivity index (χ0v) is 19.3. The van der Waals surface area contributed by atoms with Crippen molar-refractivity contribution in [2.75, 3.05) is 0 Å². The number of fused-ring (bicyclic) bond motifs is 1. The van der Waals surface area contributed by atoms with Gasteiger partial charge in [-0.1, -0.05) is 50.3 Å². The highest BCUT2D eigenvalue weighted by Gasteiger charge is 2.50. The summed E-state index contributed by atoms with van der Waals surface area (Å²) < 4.78 is 0. The van der Waals surface area contributed by atoms with Crippen molar-refractivity contribution in [2.45, 2.75) is 89.9 Å². The van der Waals surface area contributed by atoms with Crippen LogP contribution >= 0.6 is 0 Å². The maximum Gasteiger partial charge on any atom is 0.0811 e. The van der Waals surface area contributed by atoms with Gasteiger partial charge in [0.25, 0.3) is 0 Å². The van der Waals surface area contributed by atoms with Crippen LogP contribution in [0.3, 0.4) is 0 Å². The third-order valence-electron chi connectivity index (χ3n) is 8.65. The summed E-state index contributed by atoms with van der Waals surface area (Å²) in [4.78, 5) is 0. The van der Waals surface area contributed by atoms with Crippen LogP contribution in [0, 0.1) is 29.1 Å². The zero-order chi connectivity index (χ0) is 21.5. The normalized spacial score (nSPS) is 40.7.